The third-order valence-corrected chi connectivity index (χ3v) is 3.30. The van der Waals surface area contributed by atoms with Gasteiger partial charge in [0.05, 0.1) is 4.47 Å². The van der Waals surface area contributed by atoms with Crippen LogP contribution in [0.3, 0.4) is 0 Å². The van der Waals surface area contributed by atoms with Gasteiger partial charge in [-0.25, -0.2) is 8.78 Å². The lowest BCUT2D eigenvalue weighted by Crippen LogP contribution is -2.01. The highest BCUT2D eigenvalue weighted by molar-refractivity contribution is 9.10. The number of hydrogen-bond donors (Lipinski definition) is 1. The molecular formula is C13H9BrF2O. The number of aliphatic hydroxyl groups excluding tert-OH is 1. The number of aliphatic hydroxyl groups is 1. The van der Waals surface area contributed by atoms with Crippen molar-refractivity contribution in [1.29, 1.82) is 0 Å². The van der Waals surface area contributed by atoms with E-state index in [4.69, 9.17) is 0 Å². The Balaban J connectivity index is 2.40. The van der Waals surface area contributed by atoms with Gasteiger partial charge in [-0.1, -0.05) is 24.3 Å². The summed E-state index contributed by atoms with van der Waals surface area (Å²) in [5.74, 6) is -0.817. The van der Waals surface area contributed by atoms with E-state index < -0.39 is 11.9 Å². The van der Waals surface area contributed by atoms with Crippen LogP contribution in [0.2, 0.25) is 0 Å². The van der Waals surface area contributed by atoms with Crippen LogP contribution < -0.4 is 0 Å². The van der Waals surface area contributed by atoms with Crippen LogP contribution in [-0.2, 0) is 0 Å². The van der Waals surface area contributed by atoms with Crippen LogP contribution in [0.15, 0.2) is 46.9 Å². The van der Waals surface area contributed by atoms with Gasteiger partial charge < -0.3 is 5.11 Å². The van der Waals surface area contributed by atoms with E-state index in [0.717, 1.165) is 0 Å². The molecule has 1 unspecified atom stereocenters. The molecule has 0 aromatic heterocycles. The number of rotatable bonds is 2. The molecule has 88 valence electrons. The summed E-state index contributed by atoms with van der Waals surface area (Å²) in [6.45, 7) is 0. The van der Waals surface area contributed by atoms with Gasteiger partial charge in [-0.3, -0.25) is 0 Å². The summed E-state index contributed by atoms with van der Waals surface area (Å²) in [4.78, 5) is 0. The lowest BCUT2D eigenvalue weighted by molar-refractivity contribution is 0.219. The Kier molecular flexibility index (Phi) is 3.54. The average molecular weight is 299 g/mol. The number of benzene rings is 2. The van der Waals surface area contributed by atoms with Gasteiger partial charge in [-0.05, 0) is 39.7 Å². The fourth-order valence-electron chi connectivity index (χ4n) is 1.56. The van der Waals surface area contributed by atoms with Crippen molar-refractivity contribution in [2.75, 3.05) is 0 Å². The molecule has 0 radical (unpaired) electrons. The molecule has 0 saturated carbocycles. The topological polar surface area (TPSA) is 20.2 Å². The Bertz CT molecular complexity index is 525. The van der Waals surface area contributed by atoms with Crippen LogP contribution in [0.4, 0.5) is 8.78 Å². The summed E-state index contributed by atoms with van der Waals surface area (Å²) in [7, 11) is 0. The smallest absolute Gasteiger partial charge is 0.137 e. The monoisotopic (exact) mass is 298 g/mol. The molecule has 0 aliphatic heterocycles. The van der Waals surface area contributed by atoms with Crippen molar-refractivity contribution in [2.45, 2.75) is 6.10 Å². The maximum atomic E-state index is 13.3. The summed E-state index contributed by atoms with van der Waals surface area (Å²) in [6.07, 6.45) is -0.985. The summed E-state index contributed by atoms with van der Waals surface area (Å²) in [6, 6.07) is 9.88. The molecule has 2 aromatic rings. The van der Waals surface area contributed by atoms with Gasteiger partial charge in [0, 0.05) is 5.56 Å². The molecule has 2 aromatic carbocycles. The van der Waals surface area contributed by atoms with E-state index in [-0.39, 0.29) is 10.3 Å². The van der Waals surface area contributed by atoms with Crippen LogP contribution >= 0.6 is 15.9 Å². The molecule has 0 fully saturated rings. The number of halogens is 3. The van der Waals surface area contributed by atoms with Gasteiger partial charge in [0.2, 0.25) is 0 Å². The zero-order valence-corrected chi connectivity index (χ0v) is 10.3. The van der Waals surface area contributed by atoms with Gasteiger partial charge in [0.1, 0.15) is 17.7 Å². The van der Waals surface area contributed by atoms with Crippen LogP contribution in [-0.4, -0.2) is 5.11 Å². The second kappa shape index (κ2) is 4.94. The first-order valence-electron chi connectivity index (χ1n) is 4.97. The molecule has 0 aliphatic rings. The number of hydrogen-bond acceptors (Lipinski definition) is 1. The zero-order chi connectivity index (χ0) is 12.4. The minimum absolute atomic E-state index is 0.219. The fourth-order valence-corrected chi connectivity index (χ4v) is 2.04. The fraction of sp³-hybridized carbons (Fsp3) is 0.0769. The van der Waals surface area contributed by atoms with E-state index >= 15 is 0 Å². The summed E-state index contributed by atoms with van der Waals surface area (Å²) < 4.78 is 26.3. The van der Waals surface area contributed by atoms with Crippen LogP contribution in [0, 0.1) is 11.6 Å². The second-order valence-electron chi connectivity index (χ2n) is 3.60. The van der Waals surface area contributed by atoms with Crippen molar-refractivity contribution >= 4 is 15.9 Å². The van der Waals surface area contributed by atoms with E-state index in [1.54, 1.807) is 6.07 Å². The van der Waals surface area contributed by atoms with E-state index in [1.165, 1.54) is 36.4 Å². The minimum atomic E-state index is -0.985. The second-order valence-corrected chi connectivity index (χ2v) is 4.39. The van der Waals surface area contributed by atoms with Crippen molar-refractivity contribution < 1.29 is 13.9 Å². The lowest BCUT2D eigenvalue weighted by Gasteiger charge is -2.13. The third-order valence-electron chi connectivity index (χ3n) is 2.46. The van der Waals surface area contributed by atoms with Gasteiger partial charge >= 0.3 is 0 Å². The molecule has 0 saturated heterocycles. The van der Waals surface area contributed by atoms with Crippen molar-refractivity contribution in [3.05, 3.63) is 69.7 Å². The van der Waals surface area contributed by atoms with Crippen molar-refractivity contribution in [2.24, 2.45) is 0 Å². The highest BCUT2D eigenvalue weighted by Crippen LogP contribution is 2.30. The Morgan fingerprint density at radius 2 is 1.65 bits per heavy atom. The van der Waals surface area contributed by atoms with Crippen LogP contribution in [0.25, 0.3) is 0 Å². The Hall–Kier alpha value is -1.26. The molecule has 2 rings (SSSR count). The first-order valence-corrected chi connectivity index (χ1v) is 5.76. The molecule has 0 heterocycles. The molecule has 1 atom stereocenters. The maximum absolute atomic E-state index is 13.3. The first kappa shape index (κ1) is 12.2. The quantitative estimate of drug-likeness (QED) is 0.894. The molecule has 0 aliphatic carbocycles. The van der Waals surface area contributed by atoms with Crippen LogP contribution in [0.1, 0.15) is 17.2 Å². The van der Waals surface area contributed by atoms with Gasteiger partial charge in [0.15, 0.2) is 0 Å². The minimum Gasteiger partial charge on any atom is -0.384 e. The van der Waals surface area contributed by atoms with E-state index in [0.29, 0.717) is 11.1 Å². The third kappa shape index (κ3) is 2.53. The van der Waals surface area contributed by atoms with Crippen molar-refractivity contribution in [3.8, 4) is 0 Å². The van der Waals surface area contributed by atoms with Gasteiger partial charge in [-0.2, -0.15) is 0 Å². The highest BCUT2D eigenvalue weighted by Gasteiger charge is 2.15. The first-order chi connectivity index (χ1) is 8.09. The molecule has 4 heteroatoms. The molecule has 1 N–H and O–H groups in total. The standard InChI is InChI=1S/C13H9BrF2O/c14-12-10(2-1-3-11(12)16)13(17)8-4-6-9(15)7-5-8/h1-7,13,17H. The largest absolute Gasteiger partial charge is 0.384 e. The Labute approximate surface area is 106 Å². The molecule has 1 nitrogen and oxygen atoms in total. The predicted molar refractivity (Wildman–Crippen MR) is 64.6 cm³/mol. The predicted octanol–water partition coefficient (Wildman–Crippen LogP) is 3.81. The maximum Gasteiger partial charge on any atom is 0.137 e. The molecule has 17 heavy (non-hydrogen) atoms. The van der Waals surface area contributed by atoms with E-state index in [1.807, 2.05) is 0 Å². The molecule has 0 bridgehead atoms. The Morgan fingerprint density at radius 3 is 2.29 bits per heavy atom. The summed E-state index contributed by atoms with van der Waals surface area (Å²) in [5, 5.41) is 10.1. The van der Waals surface area contributed by atoms with E-state index in [9.17, 15) is 13.9 Å². The normalized spacial score (nSPS) is 12.5. The zero-order valence-electron chi connectivity index (χ0n) is 8.70. The van der Waals surface area contributed by atoms with Gasteiger partial charge in [-0.15, -0.1) is 0 Å². The highest BCUT2D eigenvalue weighted by atomic mass is 79.9. The average Bonchev–Trinajstić information content (AvgIpc) is 2.33. The molecule has 0 spiro atoms. The molecular weight excluding hydrogens is 290 g/mol. The molecule has 0 amide bonds. The summed E-state index contributed by atoms with van der Waals surface area (Å²) >= 11 is 3.08. The Morgan fingerprint density at radius 1 is 1.00 bits per heavy atom. The SMILES string of the molecule is OC(c1ccc(F)cc1)c1cccc(F)c1Br. The van der Waals surface area contributed by atoms with Crippen LogP contribution in [0.5, 0.6) is 0 Å². The van der Waals surface area contributed by atoms with Gasteiger partial charge in [0.25, 0.3) is 0 Å². The lowest BCUT2D eigenvalue weighted by atomic mass is 10.0. The van der Waals surface area contributed by atoms with E-state index in [2.05, 4.69) is 15.9 Å². The van der Waals surface area contributed by atoms with Crippen molar-refractivity contribution in [1.82, 2.24) is 0 Å². The summed E-state index contributed by atoms with van der Waals surface area (Å²) in [5.41, 5.74) is 0.925. The van der Waals surface area contributed by atoms with Crippen molar-refractivity contribution in [3.63, 3.8) is 0 Å².